The highest BCUT2D eigenvalue weighted by atomic mass is 16.3. The van der Waals surface area contributed by atoms with Crippen LogP contribution in [-0.2, 0) is 0 Å². The van der Waals surface area contributed by atoms with E-state index in [1.54, 1.807) is 24.3 Å². The monoisotopic (exact) mass is 264 g/mol. The van der Waals surface area contributed by atoms with Crippen molar-refractivity contribution in [3.05, 3.63) is 66.4 Å². The number of fused-ring (bicyclic) bond motifs is 1. The van der Waals surface area contributed by atoms with Gasteiger partial charge in [0.1, 0.15) is 5.75 Å². The van der Waals surface area contributed by atoms with Crippen LogP contribution in [0.3, 0.4) is 0 Å². The van der Waals surface area contributed by atoms with Crippen molar-refractivity contribution in [3.8, 4) is 5.75 Å². The Labute approximate surface area is 115 Å². The van der Waals surface area contributed by atoms with E-state index in [1.165, 1.54) is 6.20 Å². The van der Waals surface area contributed by atoms with Gasteiger partial charge in [-0.1, -0.05) is 18.2 Å². The average Bonchev–Trinajstić information content (AvgIpc) is 2.47. The van der Waals surface area contributed by atoms with Gasteiger partial charge in [0, 0.05) is 16.6 Å². The van der Waals surface area contributed by atoms with E-state index in [1.807, 2.05) is 30.3 Å². The van der Waals surface area contributed by atoms with E-state index in [4.69, 9.17) is 0 Å². The van der Waals surface area contributed by atoms with Gasteiger partial charge in [-0.3, -0.25) is 9.78 Å². The fraction of sp³-hybridized carbons (Fsp3) is 0. The Kier molecular flexibility index (Phi) is 3.05. The lowest BCUT2D eigenvalue weighted by Gasteiger charge is -2.06. The van der Waals surface area contributed by atoms with Gasteiger partial charge >= 0.3 is 0 Å². The Balaban J connectivity index is 1.91. The molecule has 0 atom stereocenters. The number of pyridine rings is 1. The molecular formula is C16H12N2O2. The SMILES string of the molecule is O=C(Nc1ccccc1)c1ccc2ncc(O)cc2c1. The van der Waals surface area contributed by atoms with Crippen molar-refractivity contribution < 1.29 is 9.90 Å². The summed E-state index contributed by atoms with van der Waals surface area (Å²) in [7, 11) is 0. The van der Waals surface area contributed by atoms with Crippen LogP contribution in [-0.4, -0.2) is 16.0 Å². The summed E-state index contributed by atoms with van der Waals surface area (Å²) in [6, 6.07) is 16.0. The van der Waals surface area contributed by atoms with Gasteiger partial charge in [0.2, 0.25) is 0 Å². The number of carbonyl (C=O) groups excluding carboxylic acids is 1. The first kappa shape index (κ1) is 12.2. The summed E-state index contributed by atoms with van der Waals surface area (Å²) >= 11 is 0. The molecule has 1 amide bonds. The van der Waals surface area contributed by atoms with Crippen LogP contribution in [0.15, 0.2) is 60.8 Å². The highest BCUT2D eigenvalue weighted by molar-refractivity contribution is 6.06. The highest BCUT2D eigenvalue weighted by Gasteiger charge is 2.07. The number of nitrogens with one attached hydrogen (secondary N) is 1. The number of benzene rings is 2. The molecule has 3 aromatic rings. The topological polar surface area (TPSA) is 62.2 Å². The Bertz CT molecular complexity index is 770. The van der Waals surface area contributed by atoms with Crippen LogP contribution in [0.4, 0.5) is 5.69 Å². The minimum atomic E-state index is -0.193. The standard InChI is InChI=1S/C16H12N2O2/c19-14-9-12-8-11(6-7-15(12)17-10-14)16(20)18-13-4-2-1-3-5-13/h1-10,19H,(H,18,20). The first-order valence-electron chi connectivity index (χ1n) is 6.17. The zero-order chi connectivity index (χ0) is 13.9. The predicted molar refractivity (Wildman–Crippen MR) is 77.8 cm³/mol. The molecule has 0 fully saturated rings. The van der Waals surface area contributed by atoms with Crippen LogP contribution in [0.1, 0.15) is 10.4 Å². The third-order valence-electron chi connectivity index (χ3n) is 2.96. The summed E-state index contributed by atoms with van der Waals surface area (Å²) in [5.74, 6) is -0.112. The molecule has 0 saturated heterocycles. The van der Waals surface area contributed by atoms with E-state index < -0.39 is 0 Å². The summed E-state index contributed by atoms with van der Waals surface area (Å²) in [5, 5.41) is 13.0. The maximum absolute atomic E-state index is 12.1. The van der Waals surface area contributed by atoms with Crippen LogP contribution in [0.2, 0.25) is 0 Å². The molecule has 0 radical (unpaired) electrons. The Morgan fingerprint density at radius 3 is 2.65 bits per heavy atom. The van der Waals surface area contributed by atoms with Crippen LogP contribution in [0.25, 0.3) is 10.9 Å². The summed E-state index contributed by atoms with van der Waals surface area (Å²) < 4.78 is 0. The fourth-order valence-electron chi connectivity index (χ4n) is 1.99. The van der Waals surface area contributed by atoms with Crippen molar-refractivity contribution in [2.24, 2.45) is 0 Å². The van der Waals surface area contributed by atoms with Crippen molar-refractivity contribution in [3.63, 3.8) is 0 Å². The molecule has 0 unspecified atom stereocenters. The number of anilines is 1. The van der Waals surface area contributed by atoms with Crippen molar-refractivity contribution in [1.29, 1.82) is 0 Å². The maximum atomic E-state index is 12.1. The zero-order valence-corrected chi connectivity index (χ0v) is 10.6. The lowest BCUT2D eigenvalue weighted by atomic mass is 10.1. The first-order chi connectivity index (χ1) is 9.72. The van der Waals surface area contributed by atoms with Crippen molar-refractivity contribution in [2.75, 3.05) is 5.32 Å². The summed E-state index contributed by atoms with van der Waals surface area (Å²) in [6.07, 6.45) is 1.38. The second-order valence-electron chi connectivity index (χ2n) is 4.42. The Hall–Kier alpha value is -2.88. The van der Waals surface area contributed by atoms with Crippen LogP contribution in [0.5, 0.6) is 5.75 Å². The second kappa shape index (κ2) is 5.01. The molecule has 0 aliphatic heterocycles. The Morgan fingerprint density at radius 1 is 1.05 bits per heavy atom. The number of para-hydroxylation sites is 1. The van der Waals surface area contributed by atoms with E-state index >= 15 is 0 Å². The van der Waals surface area contributed by atoms with Crippen LogP contribution >= 0.6 is 0 Å². The zero-order valence-electron chi connectivity index (χ0n) is 10.6. The maximum Gasteiger partial charge on any atom is 0.255 e. The molecule has 4 nitrogen and oxygen atoms in total. The quantitative estimate of drug-likeness (QED) is 0.747. The summed E-state index contributed by atoms with van der Waals surface area (Å²) in [6.45, 7) is 0. The number of hydrogen-bond acceptors (Lipinski definition) is 3. The normalized spacial score (nSPS) is 10.4. The number of amides is 1. The van der Waals surface area contributed by atoms with Gasteiger partial charge in [-0.2, -0.15) is 0 Å². The van der Waals surface area contributed by atoms with Gasteiger partial charge < -0.3 is 10.4 Å². The third kappa shape index (κ3) is 2.44. The van der Waals surface area contributed by atoms with Crippen molar-refractivity contribution >= 4 is 22.5 Å². The minimum Gasteiger partial charge on any atom is -0.506 e. The van der Waals surface area contributed by atoms with Crippen LogP contribution in [0, 0.1) is 0 Å². The van der Waals surface area contributed by atoms with Gasteiger partial charge in [-0.05, 0) is 36.4 Å². The molecule has 2 aromatic carbocycles. The van der Waals surface area contributed by atoms with E-state index in [0.29, 0.717) is 5.56 Å². The van der Waals surface area contributed by atoms with Gasteiger partial charge in [0.05, 0.1) is 11.7 Å². The van der Waals surface area contributed by atoms with Crippen molar-refractivity contribution in [2.45, 2.75) is 0 Å². The molecule has 0 saturated carbocycles. The third-order valence-corrected chi connectivity index (χ3v) is 2.96. The molecule has 3 rings (SSSR count). The minimum absolute atomic E-state index is 0.0816. The number of rotatable bonds is 2. The van der Waals surface area contributed by atoms with Gasteiger partial charge in [0.25, 0.3) is 5.91 Å². The number of hydrogen-bond donors (Lipinski definition) is 2. The van der Waals surface area contributed by atoms with E-state index in [2.05, 4.69) is 10.3 Å². The Morgan fingerprint density at radius 2 is 1.85 bits per heavy atom. The van der Waals surface area contributed by atoms with Gasteiger partial charge in [-0.25, -0.2) is 0 Å². The van der Waals surface area contributed by atoms with Crippen LogP contribution < -0.4 is 5.32 Å². The molecule has 0 aliphatic carbocycles. The molecule has 20 heavy (non-hydrogen) atoms. The van der Waals surface area contributed by atoms with Gasteiger partial charge in [-0.15, -0.1) is 0 Å². The lowest BCUT2D eigenvalue weighted by Crippen LogP contribution is -2.11. The second-order valence-corrected chi connectivity index (χ2v) is 4.42. The molecule has 98 valence electrons. The number of aromatic nitrogens is 1. The molecule has 4 heteroatoms. The molecule has 2 N–H and O–H groups in total. The molecular weight excluding hydrogens is 252 g/mol. The molecule has 0 spiro atoms. The van der Waals surface area contributed by atoms with Gasteiger partial charge in [0.15, 0.2) is 0 Å². The number of nitrogens with zero attached hydrogens (tertiary/aromatic N) is 1. The smallest absolute Gasteiger partial charge is 0.255 e. The lowest BCUT2D eigenvalue weighted by molar-refractivity contribution is 0.102. The predicted octanol–water partition coefficient (Wildman–Crippen LogP) is 3.19. The fourth-order valence-corrected chi connectivity index (χ4v) is 1.99. The van der Waals surface area contributed by atoms with E-state index in [0.717, 1.165) is 16.6 Å². The number of aromatic hydroxyl groups is 1. The summed E-state index contributed by atoms with van der Waals surface area (Å²) in [4.78, 5) is 16.2. The molecule has 0 aliphatic rings. The largest absolute Gasteiger partial charge is 0.506 e. The highest BCUT2D eigenvalue weighted by Crippen LogP contribution is 2.19. The summed E-state index contributed by atoms with van der Waals surface area (Å²) in [5.41, 5.74) is 2.00. The number of carbonyl (C=O) groups is 1. The molecule has 1 heterocycles. The first-order valence-corrected chi connectivity index (χ1v) is 6.17. The van der Waals surface area contributed by atoms with E-state index in [9.17, 15) is 9.90 Å². The van der Waals surface area contributed by atoms with E-state index in [-0.39, 0.29) is 11.7 Å². The molecule has 0 bridgehead atoms. The van der Waals surface area contributed by atoms with Crippen molar-refractivity contribution in [1.82, 2.24) is 4.98 Å². The average molecular weight is 264 g/mol. The molecule has 1 aromatic heterocycles.